The molecular weight excluding hydrogens is 250 g/mol. The molecule has 3 atom stereocenters. The normalized spacial score (nSPS) is 31.7. The predicted molar refractivity (Wildman–Crippen MR) is 82.3 cm³/mol. The Balaban J connectivity index is 1.75. The molecule has 1 amide bonds. The van der Waals surface area contributed by atoms with Crippen LogP contribution in [-0.4, -0.2) is 43.0 Å². The molecule has 0 radical (unpaired) electrons. The molecule has 1 heterocycles. The zero-order valence-corrected chi connectivity index (χ0v) is 13.1. The highest BCUT2D eigenvalue weighted by atomic mass is 16.1. The molecule has 0 aromatic heterocycles. The molecule has 2 rings (SSSR count). The van der Waals surface area contributed by atoms with Gasteiger partial charge in [0.15, 0.2) is 0 Å². The lowest BCUT2D eigenvalue weighted by atomic mass is 9.78. The van der Waals surface area contributed by atoms with E-state index in [9.17, 15) is 4.79 Å². The average molecular weight is 281 g/mol. The number of rotatable bonds is 5. The molecule has 116 valence electrons. The van der Waals surface area contributed by atoms with Crippen molar-refractivity contribution in [3.63, 3.8) is 0 Å². The molecule has 1 saturated heterocycles. The maximum atomic E-state index is 12.4. The summed E-state index contributed by atoms with van der Waals surface area (Å²) in [5.41, 5.74) is 5.81. The Morgan fingerprint density at radius 2 is 2.05 bits per heavy atom. The van der Waals surface area contributed by atoms with Crippen LogP contribution >= 0.6 is 0 Å². The lowest BCUT2D eigenvalue weighted by Gasteiger charge is -2.30. The number of likely N-dealkylation sites (tertiary alicyclic amines) is 1. The van der Waals surface area contributed by atoms with Crippen molar-refractivity contribution in [2.24, 2.45) is 23.5 Å². The molecule has 2 fully saturated rings. The standard InChI is InChI=1S/C16H31N3O/c1-12(2)19-8-7-13(11-19)10-18-16(20)15-6-4-3-5-14(15)9-17/h12-15H,3-11,17H2,1-2H3,(H,18,20). The van der Waals surface area contributed by atoms with E-state index in [2.05, 4.69) is 24.1 Å². The number of nitrogens with two attached hydrogens (primary N) is 1. The van der Waals surface area contributed by atoms with Gasteiger partial charge in [-0.25, -0.2) is 0 Å². The van der Waals surface area contributed by atoms with E-state index < -0.39 is 0 Å². The van der Waals surface area contributed by atoms with Gasteiger partial charge in [0.25, 0.3) is 0 Å². The summed E-state index contributed by atoms with van der Waals surface area (Å²) in [7, 11) is 0. The Kier molecular flexibility index (Phi) is 5.85. The summed E-state index contributed by atoms with van der Waals surface area (Å²) in [4.78, 5) is 14.9. The average Bonchev–Trinajstić information content (AvgIpc) is 2.94. The van der Waals surface area contributed by atoms with Crippen LogP contribution in [0.2, 0.25) is 0 Å². The fourth-order valence-corrected chi connectivity index (χ4v) is 3.71. The highest BCUT2D eigenvalue weighted by Gasteiger charge is 2.31. The smallest absolute Gasteiger partial charge is 0.223 e. The van der Waals surface area contributed by atoms with Crippen molar-refractivity contribution >= 4 is 5.91 Å². The second-order valence-electron chi connectivity index (χ2n) is 6.88. The molecule has 4 nitrogen and oxygen atoms in total. The van der Waals surface area contributed by atoms with Gasteiger partial charge in [-0.15, -0.1) is 0 Å². The van der Waals surface area contributed by atoms with Gasteiger partial charge in [0.2, 0.25) is 5.91 Å². The second-order valence-corrected chi connectivity index (χ2v) is 6.88. The Hall–Kier alpha value is -0.610. The minimum absolute atomic E-state index is 0.163. The van der Waals surface area contributed by atoms with Crippen LogP contribution in [0.1, 0.15) is 46.0 Å². The fraction of sp³-hybridized carbons (Fsp3) is 0.938. The van der Waals surface area contributed by atoms with Gasteiger partial charge in [0.1, 0.15) is 0 Å². The summed E-state index contributed by atoms with van der Waals surface area (Å²) >= 11 is 0. The topological polar surface area (TPSA) is 58.4 Å². The molecule has 3 unspecified atom stereocenters. The van der Waals surface area contributed by atoms with E-state index in [0.717, 1.165) is 25.9 Å². The monoisotopic (exact) mass is 281 g/mol. The molecule has 0 aromatic rings. The van der Waals surface area contributed by atoms with Crippen molar-refractivity contribution in [1.29, 1.82) is 0 Å². The van der Waals surface area contributed by atoms with E-state index >= 15 is 0 Å². The number of nitrogens with zero attached hydrogens (tertiary/aromatic N) is 1. The first-order valence-electron chi connectivity index (χ1n) is 8.33. The number of hydrogen-bond acceptors (Lipinski definition) is 3. The summed E-state index contributed by atoms with van der Waals surface area (Å²) in [6, 6.07) is 0.621. The maximum absolute atomic E-state index is 12.4. The van der Waals surface area contributed by atoms with E-state index in [1.54, 1.807) is 0 Å². The first-order chi connectivity index (χ1) is 9.61. The lowest BCUT2D eigenvalue weighted by molar-refractivity contribution is -0.127. The summed E-state index contributed by atoms with van der Waals surface area (Å²) in [5.74, 6) is 1.44. The molecular formula is C16H31N3O. The highest BCUT2D eigenvalue weighted by molar-refractivity contribution is 5.79. The van der Waals surface area contributed by atoms with E-state index in [-0.39, 0.29) is 11.8 Å². The molecule has 0 aromatic carbocycles. The van der Waals surface area contributed by atoms with Gasteiger partial charge in [0, 0.05) is 25.0 Å². The van der Waals surface area contributed by atoms with Crippen molar-refractivity contribution in [1.82, 2.24) is 10.2 Å². The van der Waals surface area contributed by atoms with Gasteiger partial charge in [-0.05, 0) is 58.0 Å². The highest BCUT2D eigenvalue weighted by Crippen LogP contribution is 2.29. The zero-order valence-electron chi connectivity index (χ0n) is 13.1. The van der Waals surface area contributed by atoms with Gasteiger partial charge in [-0.2, -0.15) is 0 Å². The molecule has 0 spiro atoms. The number of nitrogens with one attached hydrogen (secondary N) is 1. The Morgan fingerprint density at radius 3 is 2.70 bits per heavy atom. The number of carbonyl (C=O) groups excluding carboxylic acids is 1. The minimum atomic E-state index is 0.163. The maximum Gasteiger partial charge on any atom is 0.223 e. The first kappa shape index (κ1) is 15.8. The van der Waals surface area contributed by atoms with Crippen molar-refractivity contribution < 1.29 is 4.79 Å². The van der Waals surface area contributed by atoms with Gasteiger partial charge < -0.3 is 16.0 Å². The van der Waals surface area contributed by atoms with Crippen molar-refractivity contribution in [3.05, 3.63) is 0 Å². The molecule has 20 heavy (non-hydrogen) atoms. The summed E-state index contributed by atoms with van der Waals surface area (Å²) in [5, 5.41) is 3.20. The summed E-state index contributed by atoms with van der Waals surface area (Å²) in [6.07, 6.45) is 5.77. The number of amides is 1. The van der Waals surface area contributed by atoms with Crippen molar-refractivity contribution in [2.75, 3.05) is 26.2 Å². The van der Waals surface area contributed by atoms with Crippen LogP contribution in [0.25, 0.3) is 0 Å². The molecule has 2 aliphatic rings. The lowest BCUT2D eigenvalue weighted by Crippen LogP contribution is -2.41. The first-order valence-corrected chi connectivity index (χ1v) is 8.33. The summed E-state index contributed by atoms with van der Waals surface area (Å²) < 4.78 is 0. The fourth-order valence-electron chi connectivity index (χ4n) is 3.71. The third-order valence-corrected chi connectivity index (χ3v) is 5.16. The van der Waals surface area contributed by atoms with Crippen LogP contribution < -0.4 is 11.1 Å². The van der Waals surface area contributed by atoms with Gasteiger partial charge in [0.05, 0.1) is 0 Å². The molecule has 1 saturated carbocycles. The van der Waals surface area contributed by atoms with Crippen LogP contribution in [0.15, 0.2) is 0 Å². The van der Waals surface area contributed by atoms with Gasteiger partial charge >= 0.3 is 0 Å². The van der Waals surface area contributed by atoms with Crippen LogP contribution in [0.5, 0.6) is 0 Å². The zero-order chi connectivity index (χ0) is 14.5. The second kappa shape index (κ2) is 7.41. The van der Waals surface area contributed by atoms with E-state index in [0.29, 0.717) is 24.4 Å². The van der Waals surface area contributed by atoms with Gasteiger partial charge in [-0.3, -0.25) is 4.79 Å². The van der Waals surface area contributed by atoms with Crippen LogP contribution in [0.3, 0.4) is 0 Å². The minimum Gasteiger partial charge on any atom is -0.356 e. The molecule has 1 aliphatic heterocycles. The van der Waals surface area contributed by atoms with E-state index in [1.165, 1.54) is 25.8 Å². The largest absolute Gasteiger partial charge is 0.356 e. The Labute approximate surface area is 123 Å². The van der Waals surface area contributed by atoms with E-state index in [4.69, 9.17) is 5.73 Å². The van der Waals surface area contributed by atoms with Crippen LogP contribution in [0.4, 0.5) is 0 Å². The number of hydrogen-bond donors (Lipinski definition) is 2. The Bertz CT molecular complexity index is 319. The van der Waals surface area contributed by atoms with Crippen molar-refractivity contribution in [3.8, 4) is 0 Å². The van der Waals surface area contributed by atoms with Crippen LogP contribution in [0, 0.1) is 17.8 Å². The van der Waals surface area contributed by atoms with Crippen LogP contribution in [-0.2, 0) is 4.79 Å². The molecule has 0 bridgehead atoms. The van der Waals surface area contributed by atoms with E-state index in [1.807, 2.05) is 0 Å². The third kappa shape index (κ3) is 3.95. The third-order valence-electron chi connectivity index (χ3n) is 5.16. The SMILES string of the molecule is CC(C)N1CCC(CNC(=O)C2CCCCC2CN)C1. The molecule has 4 heteroatoms. The van der Waals surface area contributed by atoms with Gasteiger partial charge in [-0.1, -0.05) is 12.8 Å². The predicted octanol–water partition coefficient (Wildman–Crippen LogP) is 1.60. The summed E-state index contributed by atoms with van der Waals surface area (Å²) in [6.45, 7) is 8.29. The molecule has 3 N–H and O–H groups in total. The quantitative estimate of drug-likeness (QED) is 0.805. The number of carbonyl (C=O) groups is 1. The molecule has 1 aliphatic carbocycles. The van der Waals surface area contributed by atoms with Crippen molar-refractivity contribution in [2.45, 2.75) is 52.0 Å². The Morgan fingerprint density at radius 1 is 1.30 bits per heavy atom.